The van der Waals surface area contributed by atoms with Crippen molar-refractivity contribution in [3.63, 3.8) is 0 Å². The molecule has 16 heavy (non-hydrogen) atoms. The number of morpholine rings is 1. The molecule has 4 nitrogen and oxygen atoms in total. The van der Waals surface area contributed by atoms with E-state index in [0.29, 0.717) is 6.10 Å². The minimum Gasteiger partial charge on any atom is -0.387 e. The lowest BCUT2D eigenvalue weighted by atomic mass is 9.91. The van der Waals surface area contributed by atoms with Crippen LogP contribution in [0.5, 0.6) is 0 Å². The zero-order chi connectivity index (χ0) is 11.6. The quantitative estimate of drug-likeness (QED) is 0.744. The first-order valence-electron chi connectivity index (χ1n) is 6.44. The molecule has 2 aliphatic rings. The van der Waals surface area contributed by atoms with Crippen molar-refractivity contribution in [2.75, 3.05) is 45.9 Å². The van der Waals surface area contributed by atoms with Gasteiger partial charge in [0.05, 0.1) is 18.3 Å². The van der Waals surface area contributed by atoms with Gasteiger partial charge in [0.1, 0.15) is 0 Å². The number of β-amino-alcohol motifs (C(OH)–C–C–N with tert-alkyl or cyclic N) is 1. The first-order chi connectivity index (χ1) is 7.65. The van der Waals surface area contributed by atoms with Crippen molar-refractivity contribution in [3.05, 3.63) is 0 Å². The molecule has 0 amide bonds. The molecule has 0 saturated carbocycles. The fourth-order valence-electron chi connectivity index (χ4n) is 2.60. The highest BCUT2D eigenvalue weighted by molar-refractivity contribution is 4.95. The second kappa shape index (κ2) is 5.00. The molecular weight excluding hydrogens is 204 g/mol. The van der Waals surface area contributed by atoms with E-state index in [1.54, 1.807) is 0 Å². The molecule has 0 bridgehead atoms. The van der Waals surface area contributed by atoms with Gasteiger partial charge in [0.15, 0.2) is 0 Å². The van der Waals surface area contributed by atoms with E-state index in [0.717, 1.165) is 52.3 Å². The van der Waals surface area contributed by atoms with Crippen molar-refractivity contribution in [1.29, 1.82) is 0 Å². The third kappa shape index (κ3) is 2.74. The first-order valence-corrected chi connectivity index (χ1v) is 6.44. The van der Waals surface area contributed by atoms with Crippen LogP contribution in [0.15, 0.2) is 0 Å². The topological polar surface area (TPSA) is 35.9 Å². The van der Waals surface area contributed by atoms with E-state index in [1.807, 2.05) is 6.92 Å². The summed E-state index contributed by atoms with van der Waals surface area (Å²) in [5, 5.41) is 9.92. The van der Waals surface area contributed by atoms with Crippen LogP contribution < -0.4 is 0 Å². The number of likely N-dealkylation sites (N-methyl/N-ethyl adjacent to an activating group) is 1. The number of aliphatic hydroxyl groups is 1. The van der Waals surface area contributed by atoms with Crippen LogP contribution in [-0.4, -0.2) is 72.5 Å². The Morgan fingerprint density at radius 2 is 2.06 bits per heavy atom. The summed E-state index contributed by atoms with van der Waals surface area (Å²) < 4.78 is 5.75. The van der Waals surface area contributed by atoms with Crippen LogP contribution in [0.4, 0.5) is 0 Å². The summed E-state index contributed by atoms with van der Waals surface area (Å²) in [5.74, 6) is 0. The highest BCUT2D eigenvalue weighted by atomic mass is 16.5. The minimum absolute atomic E-state index is 0.329. The number of ether oxygens (including phenoxy) is 1. The Morgan fingerprint density at radius 1 is 1.31 bits per heavy atom. The molecule has 1 N–H and O–H groups in total. The molecule has 0 radical (unpaired) electrons. The van der Waals surface area contributed by atoms with Crippen LogP contribution in [0, 0.1) is 0 Å². The normalized spacial score (nSPS) is 31.3. The van der Waals surface area contributed by atoms with E-state index in [-0.39, 0.29) is 0 Å². The lowest BCUT2D eigenvalue weighted by Crippen LogP contribution is -2.63. The van der Waals surface area contributed by atoms with Crippen molar-refractivity contribution >= 4 is 0 Å². The first kappa shape index (κ1) is 12.3. The van der Waals surface area contributed by atoms with Crippen LogP contribution in [0.3, 0.4) is 0 Å². The summed E-state index contributed by atoms with van der Waals surface area (Å²) in [6.45, 7) is 10.9. The summed E-state index contributed by atoms with van der Waals surface area (Å²) in [6, 6.07) is 0. The highest BCUT2D eigenvalue weighted by Gasteiger charge is 2.40. The monoisotopic (exact) mass is 228 g/mol. The molecule has 0 aliphatic carbocycles. The maximum atomic E-state index is 9.92. The summed E-state index contributed by atoms with van der Waals surface area (Å²) in [5.41, 5.74) is -0.418. The molecule has 2 aliphatic heterocycles. The zero-order valence-electron chi connectivity index (χ0n) is 10.5. The van der Waals surface area contributed by atoms with Gasteiger partial charge in [-0.1, -0.05) is 13.8 Å². The summed E-state index contributed by atoms with van der Waals surface area (Å²) in [7, 11) is 0. The summed E-state index contributed by atoms with van der Waals surface area (Å²) in [4.78, 5) is 4.73. The maximum absolute atomic E-state index is 9.92. The fraction of sp³-hybridized carbons (Fsp3) is 1.00. The molecule has 4 heteroatoms. The Morgan fingerprint density at radius 3 is 2.69 bits per heavy atom. The molecule has 0 aromatic rings. The van der Waals surface area contributed by atoms with Gasteiger partial charge in [-0.15, -0.1) is 0 Å². The molecule has 2 rings (SSSR count). The third-order valence-corrected chi connectivity index (χ3v) is 3.83. The smallest absolute Gasteiger partial charge is 0.0897 e. The van der Waals surface area contributed by atoms with Gasteiger partial charge in [-0.3, -0.25) is 9.80 Å². The van der Waals surface area contributed by atoms with Crippen LogP contribution in [-0.2, 0) is 4.74 Å². The maximum Gasteiger partial charge on any atom is 0.0897 e. The molecule has 2 fully saturated rings. The Hall–Kier alpha value is -0.160. The molecule has 2 saturated heterocycles. The minimum atomic E-state index is -0.418. The molecule has 0 spiro atoms. The number of nitrogens with zero attached hydrogens (tertiary/aromatic N) is 2. The van der Waals surface area contributed by atoms with E-state index < -0.39 is 5.60 Å². The fourth-order valence-corrected chi connectivity index (χ4v) is 2.60. The van der Waals surface area contributed by atoms with Gasteiger partial charge in [-0.05, 0) is 13.0 Å². The van der Waals surface area contributed by atoms with E-state index in [4.69, 9.17) is 4.74 Å². The van der Waals surface area contributed by atoms with E-state index in [9.17, 15) is 5.11 Å². The van der Waals surface area contributed by atoms with E-state index >= 15 is 0 Å². The summed E-state index contributed by atoms with van der Waals surface area (Å²) >= 11 is 0. The number of likely N-dealkylation sites (tertiary alicyclic amines) is 1. The second-order valence-corrected chi connectivity index (χ2v) is 5.13. The van der Waals surface area contributed by atoms with Gasteiger partial charge in [0.2, 0.25) is 0 Å². The van der Waals surface area contributed by atoms with Gasteiger partial charge in [-0.2, -0.15) is 0 Å². The molecule has 0 aromatic heterocycles. The van der Waals surface area contributed by atoms with Crippen LogP contribution >= 0.6 is 0 Å². The van der Waals surface area contributed by atoms with Crippen molar-refractivity contribution in [3.8, 4) is 0 Å². The van der Waals surface area contributed by atoms with Gasteiger partial charge in [0, 0.05) is 32.7 Å². The molecule has 1 atom stereocenters. The predicted molar refractivity (Wildman–Crippen MR) is 63.5 cm³/mol. The Bertz CT molecular complexity index is 229. The van der Waals surface area contributed by atoms with Crippen LogP contribution in [0.2, 0.25) is 0 Å². The Balaban J connectivity index is 1.71. The highest BCUT2D eigenvalue weighted by Crippen LogP contribution is 2.24. The number of hydrogen-bond acceptors (Lipinski definition) is 4. The molecule has 0 aromatic carbocycles. The van der Waals surface area contributed by atoms with Crippen molar-refractivity contribution in [2.24, 2.45) is 0 Å². The second-order valence-electron chi connectivity index (χ2n) is 5.13. The lowest BCUT2D eigenvalue weighted by molar-refractivity contribution is -0.125. The van der Waals surface area contributed by atoms with Crippen LogP contribution in [0.25, 0.3) is 0 Å². The van der Waals surface area contributed by atoms with Crippen LogP contribution in [0.1, 0.15) is 20.3 Å². The van der Waals surface area contributed by atoms with E-state index in [1.165, 1.54) is 0 Å². The van der Waals surface area contributed by atoms with Crippen molar-refractivity contribution in [1.82, 2.24) is 9.80 Å². The zero-order valence-corrected chi connectivity index (χ0v) is 10.5. The lowest BCUT2D eigenvalue weighted by Gasteiger charge is -2.48. The predicted octanol–water partition coefficient (Wildman–Crippen LogP) is 0.164. The average molecular weight is 228 g/mol. The van der Waals surface area contributed by atoms with Gasteiger partial charge >= 0.3 is 0 Å². The molecule has 94 valence electrons. The largest absolute Gasteiger partial charge is 0.387 e. The van der Waals surface area contributed by atoms with Crippen molar-refractivity contribution < 1.29 is 9.84 Å². The van der Waals surface area contributed by atoms with Gasteiger partial charge in [0.25, 0.3) is 0 Å². The Kier molecular flexibility index (Phi) is 3.85. The SMILES string of the molecule is CCN1CCOC(CN2CC(O)(CC)C2)C1. The van der Waals surface area contributed by atoms with Crippen molar-refractivity contribution in [2.45, 2.75) is 32.0 Å². The third-order valence-electron chi connectivity index (χ3n) is 3.83. The molecule has 2 heterocycles. The van der Waals surface area contributed by atoms with Gasteiger partial charge in [-0.25, -0.2) is 0 Å². The summed E-state index contributed by atoms with van der Waals surface area (Å²) in [6.07, 6.45) is 1.19. The molecular formula is C12H24N2O2. The number of rotatable bonds is 4. The Labute approximate surface area is 98.2 Å². The van der Waals surface area contributed by atoms with Gasteiger partial charge < -0.3 is 9.84 Å². The molecule has 1 unspecified atom stereocenters. The van der Waals surface area contributed by atoms with E-state index in [2.05, 4.69) is 16.7 Å². The average Bonchev–Trinajstić information content (AvgIpc) is 2.27. The number of hydrogen-bond donors (Lipinski definition) is 1. The standard InChI is InChI=1S/C12H24N2O2/c1-3-12(15)9-14(10-12)8-11-7-13(4-2)5-6-16-11/h11,15H,3-10H2,1-2H3.